The first-order valence-corrected chi connectivity index (χ1v) is 10.1. The molecular formula is C18H24FN3O3S. The molecule has 1 aromatic carbocycles. The maximum absolute atomic E-state index is 13.9. The number of rotatable bonds is 5. The second-order valence-corrected chi connectivity index (χ2v) is 8.73. The fourth-order valence-electron chi connectivity index (χ4n) is 2.94. The van der Waals surface area contributed by atoms with Crippen LogP contribution in [0.2, 0.25) is 0 Å². The molecule has 0 unspecified atom stereocenters. The van der Waals surface area contributed by atoms with Gasteiger partial charge in [-0.1, -0.05) is 6.07 Å². The van der Waals surface area contributed by atoms with Crippen molar-refractivity contribution < 1.29 is 17.5 Å². The highest BCUT2D eigenvalue weighted by atomic mass is 32.2. The highest BCUT2D eigenvalue weighted by Crippen LogP contribution is 2.24. The van der Waals surface area contributed by atoms with Crippen LogP contribution in [0.4, 0.5) is 4.39 Å². The molecule has 0 bridgehead atoms. The van der Waals surface area contributed by atoms with Crippen LogP contribution in [0, 0.1) is 12.7 Å². The number of hydrogen-bond donors (Lipinski definition) is 0. The van der Waals surface area contributed by atoms with Crippen molar-refractivity contribution in [2.24, 2.45) is 0 Å². The number of benzene rings is 1. The van der Waals surface area contributed by atoms with Gasteiger partial charge in [0.2, 0.25) is 10.0 Å². The maximum atomic E-state index is 13.9. The van der Waals surface area contributed by atoms with E-state index in [1.54, 1.807) is 13.3 Å². The average molecular weight is 381 g/mol. The van der Waals surface area contributed by atoms with Gasteiger partial charge in [-0.25, -0.2) is 17.8 Å². The highest BCUT2D eigenvalue weighted by molar-refractivity contribution is 7.89. The number of fused-ring (bicyclic) bond motifs is 1. The predicted octanol–water partition coefficient (Wildman–Crippen LogP) is 2.85. The third-order valence-corrected chi connectivity index (χ3v) is 6.34. The van der Waals surface area contributed by atoms with Crippen LogP contribution in [0.25, 0.3) is 0 Å². The van der Waals surface area contributed by atoms with E-state index in [2.05, 4.69) is 4.98 Å². The molecule has 0 atom stereocenters. The lowest BCUT2D eigenvalue weighted by atomic mass is 10.2. The van der Waals surface area contributed by atoms with Gasteiger partial charge >= 0.3 is 0 Å². The van der Waals surface area contributed by atoms with E-state index in [1.165, 1.54) is 16.4 Å². The van der Waals surface area contributed by atoms with Crippen molar-refractivity contribution in [3.8, 4) is 0 Å². The van der Waals surface area contributed by atoms with Crippen molar-refractivity contribution in [2.45, 2.75) is 57.9 Å². The van der Waals surface area contributed by atoms with E-state index in [1.807, 2.05) is 18.4 Å². The number of aromatic nitrogens is 2. The molecule has 26 heavy (non-hydrogen) atoms. The monoisotopic (exact) mass is 381 g/mol. The summed E-state index contributed by atoms with van der Waals surface area (Å²) in [6.45, 7) is 7.11. The van der Waals surface area contributed by atoms with E-state index in [4.69, 9.17) is 4.74 Å². The summed E-state index contributed by atoms with van der Waals surface area (Å²) < 4.78 is 48.9. The average Bonchev–Trinajstić information content (AvgIpc) is 2.82. The molecule has 0 saturated heterocycles. The molecule has 0 radical (unpaired) electrons. The fraction of sp³-hybridized carbons (Fsp3) is 0.500. The minimum Gasteiger partial charge on any atom is -0.372 e. The number of hydrogen-bond acceptors (Lipinski definition) is 4. The van der Waals surface area contributed by atoms with Crippen molar-refractivity contribution in [3.05, 3.63) is 47.3 Å². The predicted molar refractivity (Wildman–Crippen MR) is 95.5 cm³/mol. The van der Waals surface area contributed by atoms with E-state index in [0.717, 1.165) is 17.5 Å². The Bertz CT molecular complexity index is 893. The summed E-state index contributed by atoms with van der Waals surface area (Å²) in [6, 6.07) is 4.04. The van der Waals surface area contributed by atoms with Gasteiger partial charge in [-0.2, -0.15) is 4.31 Å². The molecule has 0 saturated carbocycles. The molecule has 0 fully saturated rings. The van der Waals surface area contributed by atoms with Crippen molar-refractivity contribution in [1.82, 2.24) is 13.9 Å². The second-order valence-electron chi connectivity index (χ2n) is 6.79. The van der Waals surface area contributed by atoms with Gasteiger partial charge in [-0.3, -0.25) is 0 Å². The third-order valence-electron chi connectivity index (χ3n) is 4.50. The highest BCUT2D eigenvalue weighted by Gasteiger charge is 2.29. The quantitative estimate of drug-likeness (QED) is 0.799. The van der Waals surface area contributed by atoms with Gasteiger partial charge in [-0.05, 0) is 44.9 Å². The molecule has 1 aromatic heterocycles. The zero-order chi connectivity index (χ0) is 18.9. The van der Waals surface area contributed by atoms with Crippen LogP contribution in [-0.4, -0.2) is 34.9 Å². The van der Waals surface area contributed by atoms with Crippen LogP contribution in [0.15, 0.2) is 29.4 Å². The Kier molecular flexibility index (Phi) is 5.45. The molecule has 142 valence electrons. The van der Waals surface area contributed by atoms with Crippen LogP contribution in [0.1, 0.15) is 37.2 Å². The molecule has 2 heterocycles. The summed E-state index contributed by atoms with van der Waals surface area (Å²) in [5.41, 5.74) is 2.00. The number of halogens is 1. The molecule has 0 spiro atoms. The van der Waals surface area contributed by atoms with Gasteiger partial charge in [0.05, 0.1) is 41.9 Å². The van der Waals surface area contributed by atoms with E-state index in [9.17, 15) is 12.8 Å². The number of imidazole rings is 1. The Morgan fingerprint density at radius 3 is 2.77 bits per heavy atom. The first-order chi connectivity index (χ1) is 12.3. The SMILES string of the molecule is Cc1ccc(S(=O)(=O)N2CCCn3cnc(COC(C)C)c3C2)cc1F. The van der Waals surface area contributed by atoms with Crippen molar-refractivity contribution >= 4 is 10.0 Å². The maximum Gasteiger partial charge on any atom is 0.243 e. The van der Waals surface area contributed by atoms with Gasteiger partial charge in [0.15, 0.2) is 0 Å². The summed E-state index contributed by atoms with van der Waals surface area (Å²) in [5.74, 6) is -0.517. The lowest BCUT2D eigenvalue weighted by Crippen LogP contribution is -2.31. The van der Waals surface area contributed by atoms with E-state index < -0.39 is 15.8 Å². The smallest absolute Gasteiger partial charge is 0.243 e. The van der Waals surface area contributed by atoms with E-state index in [0.29, 0.717) is 31.7 Å². The normalized spacial score (nSPS) is 15.9. The Morgan fingerprint density at radius 1 is 1.31 bits per heavy atom. The Morgan fingerprint density at radius 2 is 2.08 bits per heavy atom. The first kappa shape index (κ1) is 19.0. The van der Waals surface area contributed by atoms with Crippen molar-refractivity contribution in [1.29, 1.82) is 0 Å². The van der Waals surface area contributed by atoms with Gasteiger partial charge in [-0.15, -0.1) is 0 Å². The van der Waals surface area contributed by atoms with Gasteiger partial charge in [0.25, 0.3) is 0 Å². The summed E-state index contributed by atoms with van der Waals surface area (Å²) in [7, 11) is -3.78. The summed E-state index contributed by atoms with van der Waals surface area (Å²) >= 11 is 0. The first-order valence-electron chi connectivity index (χ1n) is 8.70. The lowest BCUT2D eigenvalue weighted by Gasteiger charge is -2.20. The number of sulfonamides is 1. The topological polar surface area (TPSA) is 64.4 Å². The number of nitrogens with zero attached hydrogens (tertiary/aromatic N) is 3. The molecule has 1 aliphatic heterocycles. The van der Waals surface area contributed by atoms with Crippen LogP contribution >= 0.6 is 0 Å². The zero-order valence-corrected chi connectivity index (χ0v) is 16.1. The van der Waals surface area contributed by atoms with Crippen LogP contribution in [0.3, 0.4) is 0 Å². The summed E-state index contributed by atoms with van der Waals surface area (Å²) in [5, 5.41) is 0. The Labute approximate surface area is 153 Å². The zero-order valence-electron chi connectivity index (χ0n) is 15.3. The largest absolute Gasteiger partial charge is 0.372 e. The lowest BCUT2D eigenvalue weighted by molar-refractivity contribution is 0.0631. The Balaban J connectivity index is 1.90. The minimum absolute atomic E-state index is 0.0199. The number of aryl methyl sites for hydroxylation is 2. The van der Waals surface area contributed by atoms with Crippen LogP contribution in [0.5, 0.6) is 0 Å². The van der Waals surface area contributed by atoms with Crippen LogP contribution < -0.4 is 0 Å². The molecular weight excluding hydrogens is 357 g/mol. The molecule has 0 aliphatic carbocycles. The van der Waals surface area contributed by atoms with Gasteiger partial charge in [0, 0.05) is 13.1 Å². The van der Waals surface area contributed by atoms with E-state index >= 15 is 0 Å². The molecule has 1 aliphatic rings. The van der Waals surface area contributed by atoms with Crippen molar-refractivity contribution in [2.75, 3.05) is 6.54 Å². The Hall–Kier alpha value is -1.77. The fourth-order valence-corrected chi connectivity index (χ4v) is 4.39. The molecule has 3 rings (SSSR count). The molecule has 0 N–H and O–H groups in total. The van der Waals surface area contributed by atoms with Crippen LogP contribution in [-0.2, 0) is 34.5 Å². The summed E-state index contributed by atoms with van der Waals surface area (Å²) in [6.07, 6.45) is 2.46. The third kappa shape index (κ3) is 3.82. The minimum atomic E-state index is -3.78. The number of ether oxygens (including phenoxy) is 1. The molecule has 0 amide bonds. The molecule has 6 nitrogen and oxygen atoms in total. The molecule has 2 aromatic rings. The van der Waals surface area contributed by atoms with Gasteiger partial charge < -0.3 is 9.30 Å². The van der Waals surface area contributed by atoms with Gasteiger partial charge in [0.1, 0.15) is 5.82 Å². The second kappa shape index (κ2) is 7.46. The van der Waals surface area contributed by atoms with E-state index in [-0.39, 0.29) is 17.5 Å². The summed E-state index contributed by atoms with van der Waals surface area (Å²) in [4.78, 5) is 4.36. The molecule has 8 heteroatoms. The van der Waals surface area contributed by atoms with Crippen molar-refractivity contribution in [3.63, 3.8) is 0 Å². The standard InChI is InChI=1S/C18H24FN3O3S/c1-13(2)25-11-17-18-10-22(8-4-7-21(18)12-20-17)26(23,24)15-6-5-14(3)16(19)9-15/h5-6,9,12-13H,4,7-8,10-11H2,1-3H3.